The number of hydrogen-bond acceptors (Lipinski definition) is 2. The zero-order valence-electron chi connectivity index (χ0n) is 4.04. The average molecular weight is 147 g/mol. The summed E-state index contributed by atoms with van der Waals surface area (Å²) in [4.78, 5) is 6.42. The molecule has 0 saturated carbocycles. The molecule has 0 spiro atoms. The summed E-state index contributed by atoms with van der Waals surface area (Å²) >= 11 is -1.03. The Morgan fingerprint density at radius 2 is 2.38 bits per heavy atom. The van der Waals surface area contributed by atoms with Gasteiger partial charge in [0.25, 0.3) is 0 Å². The molecule has 0 aliphatic rings. The van der Waals surface area contributed by atoms with Crippen LogP contribution in [0.3, 0.4) is 0 Å². The summed E-state index contributed by atoms with van der Waals surface area (Å²) in [6.07, 6.45) is 5.08. The third kappa shape index (κ3) is 5.83. The molecule has 0 aliphatic carbocycles. The minimum absolute atomic E-state index is 1.03. The Kier molecular flexibility index (Phi) is 6.69. The van der Waals surface area contributed by atoms with E-state index in [1.165, 1.54) is 0 Å². The molecule has 1 rings (SSSR count). The van der Waals surface area contributed by atoms with Crippen molar-refractivity contribution in [3.05, 3.63) is 18.7 Å². The average Bonchev–Trinajstić information content (AvgIpc) is 2.17. The molecule has 0 radical (unpaired) electrons. The van der Waals surface area contributed by atoms with Gasteiger partial charge in [-0.2, -0.15) is 0 Å². The van der Waals surface area contributed by atoms with Crippen molar-refractivity contribution in [3.8, 4) is 0 Å². The monoisotopic (exact) mass is 146 g/mol. The van der Waals surface area contributed by atoms with Crippen molar-refractivity contribution in [2.45, 2.75) is 0 Å². The summed E-state index contributed by atoms with van der Waals surface area (Å²) in [5.41, 5.74) is 0. The number of H-pyrrole nitrogens is 1. The predicted molar refractivity (Wildman–Crippen MR) is 30.9 cm³/mol. The third-order valence-corrected chi connectivity index (χ3v) is 0.406. The van der Waals surface area contributed by atoms with Crippen LogP contribution in [-0.4, -0.2) is 24.2 Å². The van der Waals surface area contributed by atoms with E-state index in [2.05, 4.69) is 20.0 Å². The van der Waals surface area contributed by atoms with Crippen LogP contribution in [0.15, 0.2) is 18.7 Å². The maximum Gasteiger partial charge on any atom is 0.0919 e. The van der Waals surface area contributed by atoms with E-state index in [0.29, 0.717) is 0 Å². The Morgan fingerprint density at radius 3 is 2.50 bits per heavy atom. The van der Waals surface area contributed by atoms with Gasteiger partial charge >= 0.3 is 28.1 Å². The molecule has 3 nitrogen and oxygen atoms in total. The summed E-state index contributed by atoms with van der Waals surface area (Å²) in [5.74, 6) is 0. The fourth-order valence-corrected chi connectivity index (χ4v) is 0.215. The van der Waals surface area contributed by atoms with Gasteiger partial charge < -0.3 is 4.98 Å². The third-order valence-electron chi connectivity index (χ3n) is 0.406. The van der Waals surface area contributed by atoms with Crippen LogP contribution in [0.4, 0.5) is 0 Å². The van der Waals surface area contributed by atoms with Crippen LogP contribution in [0.1, 0.15) is 0 Å². The molecule has 0 amide bonds. The quantitative estimate of drug-likeness (QED) is 0.545. The Labute approximate surface area is 57.2 Å². The first-order chi connectivity index (χ1) is 3.91. The number of aromatic amines is 1. The summed E-state index contributed by atoms with van der Waals surface area (Å²) in [5, 5.41) is 0. The number of imidazole rings is 1. The molecule has 1 aromatic heterocycles. The molecule has 0 bridgehead atoms. The Morgan fingerprint density at radius 1 is 1.75 bits per heavy atom. The zero-order chi connectivity index (χ0) is 6.24. The van der Waals surface area contributed by atoms with E-state index in [9.17, 15) is 0 Å². The molecular formula is C3H4AlClN2O. The maximum atomic E-state index is 8.78. The second-order valence-electron chi connectivity index (χ2n) is 0.850. The molecule has 0 aliphatic heterocycles. The van der Waals surface area contributed by atoms with Gasteiger partial charge in [0, 0.05) is 12.4 Å². The van der Waals surface area contributed by atoms with Gasteiger partial charge in [0.2, 0.25) is 0 Å². The fourth-order valence-electron chi connectivity index (χ4n) is 0.215. The number of hydrogen-bond donors (Lipinski definition) is 1. The molecule has 0 unspecified atom stereocenters. The van der Waals surface area contributed by atoms with Gasteiger partial charge in [-0.25, -0.2) is 4.98 Å². The van der Waals surface area contributed by atoms with Gasteiger partial charge in [-0.15, -0.1) is 0 Å². The summed E-state index contributed by atoms with van der Waals surface area (Å²) in [6, 6.07) is 0. The Bertz CT molecular complexity index is 104. The van der Waals surface area contributed by atoms with Crippen LogP contribution in [0.2, 0.25) is 0 Å². The SMILES string of the molecule is [O]=[Al][Cl].c1c[nH]cn1. The van der Waals surface area contributed by atoms with Gasteiger partial charge in [-0.1, -0.05) is 0 Å². The van der Waals surface area contributed by atoms with Crippen LogP contribution in [-0.2, 0) is 3.80 Å². The van der Waals surface area contributed by atoms with Crippen molar-refractivity contribution in [1.29, 1.82) is 0 Å². The van der Waals surface area contributed by atoms with E-state index in [0.717, 1.165) is 0 Å². The van der Waals surface area contributed by atoms with Gasteiger partial charge in [0.1, 0.15) is 0 Å². The first-order valence-electron chi connectivity index (χ1n) is 1.88. The minimum atomic E-state index is -1.03. The zero-order valence-corrected chi connectivity index (χ0v) is 5.95. The first kappa shape index (κ1) is 7.83. The molecule has 42 valence electrons. The number of halogens is 1. The molecule has 5 heteroatoms. The summed E-state index contributed by atoms with van der Waals surface area (Å²) < 4.78 is 8.78. The number of nitrogens with zero attached hydrogens (tertiary/aromatic N) is 1. The van der Waals surface area contributed by atoms with Crippen molar-refractivity contribution >= 4 is 24.3 Å². The predicted octanol–water partition coefficient (Wildman–Crippen LogP) is 0.600. The second-order valence-corrected chi connectivity index (χ2v) is 1.56. The molecule has 0 fully saturated rings. The van der Waals surface area contributed by atoms with Crippen molar-refractivity contribution in [3.63, 3.8) is 0 Å². The van der Waals surface area contributed by atoms with Crippen molar-refractivity contribution in [1.82, 2.24) is 9.97 Å². The van der Waals surface area contributed by atoms with E-state index >= 15 is 0 Å². The van der Waals surface area contributed by atoms with E-state index in [1.807, 2.05) is 0 Å². The van der Waals surface area contributed by atoms with Crippen LogP contribution in [0, 0.1) is 0 Å². The van der Waals surface area contributed by atoms with Crippen molar-refractivity contribution in [2.75, 3.05) is 0 Å². The van der Waals surface area contributed by atoms with Gasteiger partial charge in [0.15, 0.2) is 0 Å². The fraction of sp³-hybridized carbons (Fsp3) is 0. The number of nitrogens with one attached hydrogen (secondary N) is 1. The molecule has 1 N–H and O–H groups in total. The number of aromatic nitrogens is 2. The molecule has 1 aromatic rings. The van der Waals surface area contributed by atoms with E-state index < -0.39 is 14.2 Å². The number of rotatable bonds is 0. The van der Waals surface area contributed by atoms with Crippen molar-refractivity contribution < 1.29 is 3.80 Å². The van der Waals surface area contributed by atoms with Gasteiger partial charge in [-0.3, -0.25) is 0 Å². The summed E-state index contributed by atoms with van der Waals surface area (Å²) in [6.45, 7) is 0. The first-order valence-corrected chi connectivity index (χ1v) is 4.10. The van der Waals surface area contributed by atoms with Crippen LogP contribution >= 0.6 is 10.0 Å². The normalized spacial score (nSPS) is 6.12. The Balaban J connectivity index is 0.000000145. The molecule has 0 atom stereocenters. The molecule has 1 heterocycles. The van der Waals surface area contributed by atoms with E-state index in [-0.39, 0.29) is 0 Å². The second kappa shape index (κ2) is 6.83. The topological polar surface area (TPSA) is 45.8 Å². The van der Waals surface area contributed by atoms with Crippen LogP contribution in [0.5, 0.6) is 0 Å². The van der Waals surface area contributed by atoms with E-state index in [4.69, 9.17) is 3.80 Å². The Hall–Kier alpha value is -0.168. The summed E-state index contributed by atoms with van der Waals surface area (Å²) in [7, 11) is 4.53. The standard InChI is InChI=1S/C3H4N2.Al.ClH.O/c1-2-5-3-4-1;;;/h1-3H,(H,4,5);;1H;/q;+1;;/p-1. The van der Waals surface area contributed by atoms with Crippen molar-refractivity contribution in [2.24, 2.45) is 0 Å². The van der Waals surface area contributed by atoms with E-state index in [1.54, 1.807) is 18.7 Å². The van der Waals surface area contributed by atoms with Gasteiger partial charge in [-0.05, 0) is 0 Å². The smallest absolute Gasteiger partial charge is 0.0919 e. The van der Waals surface area contributed by atoms with Gasteiger partial charge in [0.05, 0.1) is 6.33 Å². The minimum Gasteiger partial charge on any atom is -0.351 e. The largest absolute Gasteiger partial charge is 0.351 e. The maximum absolute atomic E-state index is 8.78. The van der Waals surface area contributed by atoms with Crippen LogP contribution < -0.4 is 0 Å². The molecule has 8 heavy (non-hydrogen) atoms. The van der Waals surface area contributed by atoms with Crippen LogP contribution in [0.25, 0.3) is 0 Å². The molecular weight excluding hydrogens is 142 g/mol. The molecule has 0 aromatic carbocycles. The molecule has 0 saturated heterocycles.